The molecule has 0 saturated carbocycles. The second kappa shape index (κ2) is 7.58. The molecule has 31 heavy (non-hydrogen) atoms. The minimum absolute atomic E-state index is 0.0552. The Bertz CT molecular complexity index is 1250. The third-order valence-corrected chi connectivity index (χ3v) is 6.11. The normalized spacial score (nSPS) is 16.7. The zero-order chi connectivity index (χ0) is 21.5. The highest BCUT2D eigenvalue weighted by atomic mass is 16.2. The van der Waals surface area contributed by atoms with E-state index in [1.165, 1.54) is 0 Å². The number of hydrogen-bond donors (Lipinski definition) is 1. The first-order valence-corrected chi connectivity index (χ1v) is 10.6. The van der Waals surface area contributed by atoms with E-state index in [9.17, 15) is 4.79 Å². The van der Waals surface area contributed by atoms with Crippen molar-refractivity contribution in [2.45, 2.75) is 25.7 Å². The summed E-state index contributed by atoms with van der Waals surface area (Å²) in [7, 11) is 2.06. The summed E-state index contributed by atoms with van der Waals surface area (Å²) in [5, 5.41) is 4.40. The Kier molecular flexibility index (Phi) is 4.73. The number of hydrogen-bond acceptors (Lipinski definition) is 4. The average molecular weight is 415 g/mol. The molecule has 0 unspecified atom stereocenters. The fourth-order valence-corrected chi connectivity index (χ4v) is 4.56. The molecule has 1 aliphatic rings. The Morgan fingerprint density at radius 2 is 1.90 bits per heavy atom. The Balaban J connectivity index is 1.35. The molecule has 1 aliphatic heterocycles. The van der Waals surface area contributed by atoms with Crippen LogP contribution in [0.2, 0.25) is 0 Å². The summed E-state index contributed by atoms with van der Waals surface area (Å²) in [5.41, 5.74) is 10.5. The molecule has 1 fully saturated rings. The first kappa shape index (κ1) is 19.4. The van der Waals surface area contributed by atoms with E-state index >= 15 is 0 Å². The van der Waals surface area contributed by atoms with Crippen molar-refractivity contribution in [2.24, 2.45) is 7.05 Å². The number of rotatable bonds is 3. The minimum atomic E-state index is 0.0552. The fourth-order valence-electron chi connectivity index (χ4n) is 4.56. The first-order valence-electron chi connectivity index (χ1n) is 10.6. The van der Waals surface area contributed by atoms with Crippen molar-refractivity contribution in [1.82, 2.24) is 24.2 Å². The van der Waals surface area contributed by atoms with Crippen molar-refractivity contribution >= 4 is 22.8 Å². The van der Waals surface area contributed by atoms with Gasteiger partial charge in [0.25, 0.3) is 5.91 Å². The maximum Gasteiger partial charge on any atom is 0.253 e. The maximum absolute atomic E-state index is 13.2. The molecule has 2 aromatic heterocycles. The van der Waals surface area contributed by atoms with Crippen LogP contribution in [0.5, 0.6) is 0 Å². The molecule has 0 bridgehead atoms. The predicted octanol–water partition coefficient (Wildman–Crippen LogP) is 3.67. The lowest BCUT2D eigenvalue weighted by Crippen LogP contribution is -2.39. The molecule has 1 atom stereocenters. The van der Waals surface area contributed by atoms with Crippen LogP contribution in [0.4, 0.5) is 5.82 Å². The van der Waals surface area contributed by atoms with Crippen molar-refractivity contribution in [3.63, 3.8) is 0 Å². The van der Waals surface area contributed by atoms with Gasteiger partial charge >= 0.3 is 0 Å². The number of amides is 1. The summed E-state index contributed by atoms with van der Waals surface area (Å²) in [4.78, 5) is 20.0. The lowest BCUT2D eigenvalue weighted by molar-refractivity contribution is 0.0704. The number of nitrogens with two attached hydrogens (primary N) is 1. The van der Waals surface area contributed by atoms with Gasteiger partial charge in [0.1, 0.15) is 11.6 Å². The van der Waals surface area contributed by atoms with Crippen molar-refractivity contribution < 1.29 is 4.79 Å². The summed E-state index contributed by atoms with van der Waals surface area (Å²) >= 11 is 0. The zero-order valence-electron chi connectivity index (χ0n) is 17.8. The van der Waals surface area contributed by atoms with Crippen molar-refractivity contribution in [3.05, 3.63) is 71.7 Å². The number of piperidine rings is 1. The highest BCUT2D eigenvalue weighted by Crippen LogP contribution is 2.29. The maximum atomic E-state index is 13.2. The van der Waals surface area contributed by atoms with E-state index in [0.717, 1.165) is 47.6 Å². The Hall–Kier alpha value is -3.61. The number of fused-ring (bicyclic) bond motifs is 1. The summed E-state index contributed by atoms with van der Waals surface area (Å²) in [6.45, 7) is 3.36. The van der Waals surface area contributed by atoms with Gasteiger partial charge in [0, 0.05) is 37.7 Å². The van der Waals surface area contributed by atoms with E-state index in [1.807, 2.05) is 60.4 Å². The molecule has 0 radical (unpaired) electrons. The van der Waals surface area contributed by atoms with Crippen LogP contribution in [0.25, 0.3) is 16.7 Å². The predicted molar refractivity (Wildman–Crippen MR) is 121 cm³/mol. The van der Waals surface area contributed by atoms with Crippen LogP contribution in [0, 0.1) is 6.92 Å². The van der Waals surface area contributed by atoms with Crippen LogP contribution < -0.4 is 5.73 Å². The Morgan fingerprint density at radius 1 is 1.13 bits per heavy atom. The molecule has 1 amide bonds. The van der Waals surface area contributed by atoms with E-state index in [1.54, 1.807) is 4.68 Å². The van der Waals surface area contributed by atoms with Crippen LogP contribution in [-0.4, -0.2) is 43.2 Å². The zero-order valence-corrected chi connectivity index (χ0v) is 17.8. The van der Waals surface area contributed by atoms with Gasteiger partial charge in [-0.25, -0.2) is 9.67 Å². The van der Waals surface area contributed by atoms with E-state index in [0.29, 0.717) is 17.9 Å². The molecule has 5 rings (SSSR count). The molecule has 4 aromatic rings. The summed E-state index contributed by atoms with van der Waals surface area (Å²) in [6, 6.07) is 17.5. The van der Waals surface area contributed by atoms with Crippen LogP contribution in [0.15, 0.2) is 54.6 Å². The molecular weight excluding hydrogens is 388 g/mol. The van der Waals surface area contributed by atoms with E-state index in [4.69, 9.17) is 10.7 Å². The number of benzene rings is 2. The number of carbonyl (C=O) groups excluding carboxylic acids is 1. The molecule has 1 saturated heterocycles. The van der Waals surface area contributed by atoms with E-state index in [-0.39, 0.29) is 11.8 Å². The number of aryl methyl sites for hydroxylation is 2. The van der Waals surface area contributed by atoms with Crippen molar-refractivity contribution in [3.8, 4) is 5.69 Å². The van der Waals surface area contributed by atoms with Gasteiger partial charge in [0.15, 0.2) is 0 Å². The summed E-state index contributed by atoms with van der Waals surface area (Å²) in [6.07, 6.45) is 2.01. The molecule has 7 heteroatoms. The second-order valence-electron chi connectivity index (χ2n) is 8.28. The number of para-hydroxylation sites is 2. The van der Waals surface area contributed by atoms with E-state index < -0.39 is 0 Å². The van der Waals surface area contributed by atoms with Crippen molar-refractivity contribution in [2.75, 3.05) is 18.8 Å². The molecule has 2 aromatic carbocycles. The van der Waals surface area contributed by atoms with Crippen molar-refractivity contribution in [1.29, 1.82) is 0 Å². The molecule has 0 spiro atoms. The number of nitrogen functional groups attached to an aromatic ring is 1. The Labute approximate surface area is 181 Å². The third kappa shape index (κ3) is 3.46. The molecule has 7 nitrogen and oxygen atoms in total. The third-order valence-electron chi connectivity index (χ3n) is 6.11. The molecular formula is C24H26N6O. The van der Waals surface area contributed by atoms with Gasteiger partial charge in [-0.1, -0.05) is 12.1 Å². The standard InChI is InChI=1S/C24H26N6O/c1-16-14-22(25)30(27-16)19-11-9-17(10-12-19)24(31)29-13-5-6-18(15-29)23-26-20-7-3-4-8-21(20)28(23)2/h3-4,7-12,14,18H,5-6,13,15,25H2,1-2H3/t18-/m0/s1. The van der Waals surface area contributed by atoms with Gasteiger partial charge in [-0.2, -0.15) is 5.10 Å². The SMILES string of the molecule is Cc1cc(N)n(-c2ccc(C(=O)N3CCC[C@H](c4nc5ccccc5n4C)C3)cc2)n1. The fraction of sp³-hybridized carbons (Fsp3) is 0.292. The van der Waals surface area contributed by atoms with Gasteiger partial charge in [-0.3, -0.25) is 4.79 Å². The minimum Gasteiger partial charge on any atom is -0.384 e. The van der Waals surface area contributed by atoms with E-state index in [2.05, 4.69) is 22.8 Å². The largest absolute Gasteiger partial charge is 0.384 e. The average Bonchev–Trinajstić information content (AvgIpc) is 3.32. The summed E-state index contributed by atoms with van der Waals surface area (Å²) < 4.78 is 3.85. The number of anilines is 1. The number of carbonyl (C=O) groups is 1. The van der Waals surface area contributed by atoms with Gasteiger partial charge in [0.05, 0.1) is 22.4 Å². The van der Waals surface area contributed by atoms with Gasteiger partial charge in [0.2, 0.25) is 0 Å². The van der Waals surface area contributed by atoms with Crippen LogP contribution in [-0.2, 0) is 7.05 Å². The monoisotopic (exact) mass is 414 g/mol. The second-order valence-corrected chi connectivity index (χ2v) is 8.28. The number of likely N-dealkylation sites (tertiary alicyclic amines) is 1. The smallest absolute Gasteiger partial charge is 0.253 e. The lowest BCUT2D eigenvalue weighted by atomic mass is 9.96. The number of imidazole rings is 1. The first-order chi connectivity index (χ1) is 15.0. The lowest BCUT2D eigenvalue weighted by Gasteiger charge is -2.32. The topological polar surface area (TPSA) is 82.0 Å². The molecule has 0 aliphatic carbocycles. The molecule has 2 N–H and O–H groups in total. The molecule has 3 heterocycles. The van der Waals surface area contributed by atoms with Crippen LogP contribution >= 0.6 is 0 Å². The number of aromatic nitrogens is 4. The highest BCUT2D eigenvalue weighted by molar-refractivity contribution is 5.94. The highest BCUT2D eigenvalue weighted by Gasteiger charge is 2.28. The number of nitrogens with zero attached hydrogens (tertiary/aromatic N) is 5. The quantitative estimate of drug-likeness (QED) is 0.555. The van der Waals surface area contributed by atoms with Gasteiger partial charge in [-0.05, 0) is 56.2 Å². The summed E-state index contributed by atoms with van der Waals surface area (Å²) in [5.74, 6) is 1.93. The van der Waals surface area contributed by atoms with Gasteiger partial charge in [-0.15, -0.1) is 0 Å². The van der Waals surface area contributed by atoms with Crippen LogP contribution in [0.1, 0.15) is 40.6 Å². The van der Waals surface area contributed by atoms with Gasteiger partial charge < -0.3 is 15.2 Å². The van der Waals surface area contributed by atoms with Crippen LogP contribution in [0.3, 0.4) is 0 Å². The molecule has 158 valence electrons. The Morgan fingerprint density at radius 3 is 2.61 bits per heavy atom.